The third kappa shape index (κ3) is 5.28. The summed E-state index contributed by atoms with van der Waals surface area (Å²) >= 11 is 0. The molecule has 0 unspecified atom stereocenters. The van der Waals surface area contributed by atoms with Crippen LogP contribution < -0.4 is 5.32 Å². The molecular weight excluding hydrogens is 264 g/mol. The van der Waals surface area contributed by atoms with Gasteiger partial charge in [-0.05, 0) is 34.6 Å². The number of sulfone groups is 1. The second-order valence-electron chi connectivity index (χ2n) is 5.92. The Morgan fingerprint density at radius 1 is 1.37 bits per heavy atom. The van der Waals surface area contributed by atoms with E-state index in [-0.39, 0.29) is 16.5 Å². The standard InChI is InChI=1S/C12H24N4O2S/c1-10(2)19(17,18)7-6-16-11(13-9-15-16)8-14-12(3,4)5/h9-10,14H,6-8H2,1-5H3. The van der Waals surface area contributed by atoms with Crippen LogP contribution in [0.15, 0.2) is 6.33 Å². The summed E-state index contributed by atoms with van der Waals surface area (Å²) in [6, 6.07) is 0. The lowest BCUT2D eigenvalue weighted by atomic mass is 10.1. The Kier molecular flexibility index (Phi) is 5.09. The molecule has 0 atom stereocenters. The van der Waals surface area contributed by atoms with E-state index >= 15 is 0 Å². The number of aromatic nitrogens is 3. The fourth-order valence-electron chi connectivity index (χ4n) is 1.41. The molecule has 0 aliphatic heterocycles. The number of aryl methyl sites for hydroxylation is 1. The van der Waals surface area contributed by atoms with Crippen molar-refractivity contribution in [2.45, 2.75) is 58.5 Å². The summed E-state index contributed by atoms with van der Waals surface area (Å²) in [5.74, 6) is 0.852. The van der Waals surface area contributed by atoms with Gasteiger partial charge in [0.2, 0.25) is 0 Å². The first kappa shape index (κ1) is 16.1. The van der Waals surface area contributed by atoms with Crippen LogP contribution in [0.3, 0.4) is 0 Å². The van der Waals surface area contributed by atoms with E-state index in [2.05, 4.69) is 36.2 Å². The molecule has 0 bridgehead atoms. The Hall–Kier alpha value is -0.950. The summed E-state index contributed by atoms with van der Waals surface area (Å²) in [5.41, 5.74) is -0.0131. The predicted octanol–water partition coefficient (Wildman–Crippen LogP) is 0.989. The average molecular weight is 288 g/mol. The minimum Gasteiger partial charge on any atom is -0.305 e. The van der Waals surface area contributed by atoms with Crippen LogP contribution in [0.5, 0.6) is 0 Å². The molecule has 1 rings (SSSR count). The van der Waals surface area contributed by atoms with Crippen LogP contribution in [0.4, 0.5) is 0 Å². The zero-order valence-corrected chi connectivity index (χ0v) is 13.2. The van der Waals surface area contributed by atoms with E-state index in [0.717, 1.165) is 5.82 Å². The van der Waals surface area contributed by atoms with Gasteiger partial charge in [0.05, 0.1) is 24.1 Å². The number of hydrogen-bond acceptors (Lipinski definition) is 5. The predicted molar refractivity (Wildman–Crippen MR) is 75.5 cm³/mol. The summed E-state index contributed by atoms with van der Waals surface area (Å²) < 4.78 is 25.2. The Morgan fingerprint density at radius 3 is 2.53 bits per heavy atom. The smallest absolute Gasteiger partial charge is 0.154 e. The molecule has 1 aromatic heterocycles. The summed E-state index contributed by atoms with van der Waals surface area (Å²) in [6.07, 6.45) is 1.46. The van der Waals surface area contributed by atoms with Crippen LogP contribution in [0.1, 0.15) is 40.4 Å². The van der Waals surface area contributed by atoms with Gasteiger partial charge < -0.3 is 5.32 Å². The molecule has 19 heavy (non-hydrogen) atoms. The molecule has 1 aromatic rings. The van der Waals surface area contributed by atoms with Gasteiger partial charge in [-0.1, -0.05) is 0 Å². The van der Waals surface area contributed by atoms with E-state index in [1.165, 1.54) is 6.33 Å². The molecule has 0 aliphatic rings. The maximum absolute atomic E-state index is 11.8. The molecule has 0 amide bonds. The van der Waals surface area contributed by atoms with Crippen molar-refractivity contribution in [2.24, 2.45) is 0 Å². The molecule has 0 saturated heterocycles. The van der Waals surface area contributed by atoms with Gasteiger partial charge in [0.15, 0.2) is 9.84 Å². The second-order valence-corrected chi connectivity index (χ2v) is 8.60. The van der Waals surface area contributed by atoms with Crippen LogP contribution >= 0.6 is 0 Å². The second kappa shape index (κ2) is 6.00. The van der Waals surface area contributed by atoms with Gasteiger partial charge in [-0.2, -0.15) is 5.10 Å². The van der Waals surface area contributed by atoms with Crippen molar-refractivity contribution in [1.82, 2.24) is 20.1 Å². The molecule has 1 heterocycles. The molecule has 0 spiro atoms. The van der Waals surface area contributed by atoms with Crippen LogP contribution in [-0.2, 0) is 22.9 Å². The molecule has 110 valence electrons. The van der Waals surface area contributed by atoms with Crippen LogP contribution in [-0.4, -0.2) is 39.7 Å². The maximum Gasteiger partial charge on any atom is 0.154 e. The maximum atomic E-state index is 11.8. The molecule has 7 heteroatoms. The third-order valence-corrected chi connectivity index (χ3v) is 4.97. The Morgan fingerprint density at radius 2 is 2.00 bits per heavy atom. The highest BCUT2D eigenvalue weighted by molar-refractivity contribution is 7.91. The highest BCUT2D eigenvalue weighted by atomic mass is 32.2. The van der Waals surface area contributed by atoms with Crippen LogP contribution in [0.25, 0.3) is 0 Å². The zero-order valence-electron chi connectivity index (χ0n) is 12.3. The minimum absolute atomic E-state index is 0.0131. The molecule has 1 N–H and O–H groups in total. The molecule has 0 fully saturated rings. The van der Waals surface area contributed by atoms with Crippen molar-refractivity contribution < 1.29 is 8.42 Å². The Bertz CT molecular complexity index is 500. The monoisotopic (exact) mass is 288 g/mol. The molecule has 0 aromatic carbocycles. The van der Waals surface area contributed by atoms with E-state index < -0.39 is 9.84 Å². The largest absolute Gasteiger partial charge is 0.305 e. The summed E-state index contributed by atoms with van der Waals surface area (Å²) in [6.45, 7) is 10.5. The molecule has 0 radical (unpaired) electrons. The van der Waals surface area contributed by atoms with Crippen molar-refractivity contribution in [3.63, 3.8) is 0 Å². The van der Waals surface area contributed by atoms with Crippen molar-refractivity contribution in [2.75, 3.05) is 5.75 Å². The first-order valence-corrected chi connectivity index (χ1v) is 8.16. The van der Waals surface area contributed by atoms with Crippen molar-refractivity contribution in [1.29, 1.82) is 0 Å². The fraction of sp³-hybridized carbons (Fsp3) is 0.833. The van der Waals surface area contributed by atoms with Crippen molar-refractivity contribution >= 4 is 9.84 Å². The number of nitrogens with one attached hydrogen (secondary N) is 1. The minimum atomic E-state index is -3.04. The van der Waals surface area contributed by atoms with E-state index in [9.17, 15) is 8.42 Å². The topological polar surface area (TPSA) is 76.9 Å². The first-order valence-electron chi connectivity index (χ1n) is 6.45. The quantitative estimate of drug-likeness (QED) is 0.844. The highest BCUT2D eigenvalue weighted by Gasteiger charge is 2.17. The zero-order chi connectivity index (χ0) is 14.7. The van der Waals surface area contributed by atoms with E-state index in [1.807, 2.05) is 0 Å². The SMILES string of the molecule is CC(C)S(=O)(=O)CCn1ncnc1CNC(C)(C)C. The third-order valence-electron chi connectivity index (χ3n) is 2.78. The van der Waals surface area contributed by atoms with Crippen molar-refractivity contribution in [3.8, 4) is 0 Å². The summed E-state index contributed by atoms with van der Waals surface area (Å²) in [5, 5.41) is 7.04. The number of rotatable bonds is 6. The highest BCUT2D eigenvalue weighted by Crippen LogP contribution is 2.05. The lowest BCUT2D eigenvalue weighted by Crippen LogP contribution is -2.36. The van der Waals surface area contributed by atoms with Crippen molar-refractivity contribution in [3.05, 3.63) is 12.2 Å². The van der Waals surface area contributed by atoms with Gasteiger partial charge in [0, 0.05) is 5.54 Å². The number of hydrogen-bond donors (Lipinski definition) is 1. The molecular formula is C12H24N4O2S. The molecule has 0 aliphatic carbocycles. The average Bonchev–Trinajstić information content (AvgIpc) is 2.70. The van der Waals surface area contributed by atoms with Gasteiger partial charge in [0.25, 0.3) is 0 Å². The molecule has 6 nitrogen and oxygen atoms in total. The Balaban J connectivity index is 2.64. The van der Waals surface area contributed by atoms with Gasteiger partial charge >= 0.3 is 0 Å². The normalized spacial score (nSPS) is 13.2. The van der Waals surface area contributed by atoms with E-state index in [4.69, 9.17) is 0 Å². The summed E-state index contributed by atoms with van der Waals surface area (Å²) in [7, 11) is -3.04. The first-order chi connectivity index (χ1) is 8.62. The van der Waals surface area contributed by atoms with Gasteiger partial charge in [-0.15, -0.1) is 0 Å². The fourth-order valence-corrected chi connectivity index (χ4v) is 2.30. The number of nitrogens with zero attached hydrogens (tertiary/aromatic N) is 3. The van der Waals surface area contributed by atoms with Crippen LogP contribution in [0, 0.1) is 0 Å². The van der Waals surface area contributed by atoms with Gasteiger partial charge in [0.1, 0.15) is 12.2 Å². The lowest BCUT2D eigenvalue weighted by molar-refractivity contribution is 0.409. The lowest BCUT2D eigenvalue weighted by Gasteiger charge is -2.20. The van der Waals surface area contributed by atoms with Crippen LogP contribution in [0.2, 0.25) is 0 Å². The van der Waals surface area contributed by atoms with E-state index in [0.29, 0.717) is 13.1 Å². The van der Waals surface area contributed by atoms with E-state index in [1.54, 1.807) is 18.5 Å². The summed E-state index contributed by atoms with van der Waals surface area (Å²) in [4.78, 5) is 4.16. The Labute approximate surface area is 115 Å². The van der Waals surface area contributed by atoms with Gasteiger partial charge in [-0.25, -0.2) is 18.1 Å². The van der Waals surface area contributed by atoms with Gasteiger partial charge in [-0.3, -0.25) is 0 Å². The molecule has 0 saturated carbocycles.